The van der Waals surface area contributed by atoms with Crippen molar-refractivity contribution in [2.45, 2.75) is 10.1 Å². The summed E-state index contributed by atoms with van der Waals surface area (Å²) in [6.07, 6.45) is 1.51. The second-order valence-corrected chi connectivity index (χ2v) is 12.1. The zero-order chi connectivity index (χ0) is 36.3. The van der Waals surface area contributed by atoms with Crippen molar-refractivity contribution < 1.29 is 38.9 Å². The van der Waals surface area contributed by atoms with E-state index in [9.17, 15) is 29.4 Å². The summed E-state index contributed by atoms with van der Waals surface area (Å²) in [5.41, 5.74) is 1.86. The number of aromatic carboxylic acids is 1. The molecule has 0 aromatic heterocycles. The number of thioether (sulfide) groups is 1. The number of hydrogen-bond donors (Lipinski definition) is 5. The maximum atomic E-state index is 13.6. The molecule has 0 fully saturated rings. The van der Waals surface area contributed by atoms with Crippen LogP contribution >= 0.6 is 11.8 Å². The predicted molar refractivity (Wildman–Crippen MR) is 195 cm³/mol. The van der Waals surface area contributed by atoms with Crippen LogP contribution in [-0.4, -0.2) is 48.1 Å². The van der Waals surface area contributed by atoms with Gasteiger partial charge in [0, 0.05) is 33.5 Å². The molecule has 5 rings (SSSR count). The maximum absolute atomic E-state index is 13.6. The van der Waals surface area contributed by atoms with Gasteiger partial charge in [0.1, 0.15) is 33.8 Å². The highest BCUT2D eigenvalue weighted by atomic mass is 32.2. The van der Waals surface area contributed by atoms with Crippen molar-refractivity contribution in [2.75, 3.05) is 24.9 Å². The molecular weight excluding hydrogens is 671 g/mol. The van der Waals surface area contributed by atoms with E-state index in [-0.39, 0.29) is 16.9 Å². The van der Waals surface area contributed by atoms with E-state index in [1.165, 1.54) is 50.3 Å². The molecule has 5 N–H and O–H groups in total. The number of anilines is 2. The van der Waals surface area contributed by atoms with Crippen molar-refractivity contribution in [2.24, 2.45) is 0 Å². The minimum absolute atomic E-state index is 0.0353. The zero-order valence-corrected chi connectivity index (χ0v) is 28.3. The van der Waals surface area contributed by atoms with E-state index in [0.29, 0.717) is 38.8 Å². The van der Waals surface area contributed by atoms with Crippen LogP contribution in [0.4, 0.5) is 11.4 Å². The lowest BCUT2D eigenvalue weighted by Crippen LogP contribution is -2.30. The fraction of sp³-hybridized carbons (Fsp3) is 0.0769. The molecule has 5 aromatic rings. The highest BCUT2D eigenvalue weighted by Gasteiger charge is 2.23. The van der Waals surface area contributed by atoms with Gasteiger partial charge in [-0.15, -0.1) is 11.8 Å². The quantitative estimate of drug-likeness (QED) is 0.0494. The van der Waals surface area contributed by atoms with E-state index in [1.807, 2.05) is 6.07 Å². The monoisotopic (exact) mass is 703 g/mol. The molecule has 0 saturated carbocycles. The highest BCUT2D eigenvalue weighted by Crippen LogP contribution is 2.37. The molecule has 5 aromatic carbocycles. The van der Waals surface area contributed by atoms with Crippen molar-refractivity contribution in [1.82, 2.24) is 5.32 Å². The van der Waals surface area contributed by atoms with E-state index in [2.05, 4.69) is 16.0 Å². The second-order valence-electron chi connectivity index (χ2n) is 10.9. The molecule has 51 heavy (non-hydrogen) atoms. The largest absolute Gasteiger partial charge is 0.507 e. The summed E-state index contributed by atoms with van der Waals surface area (Å²) in [4.78, 5) is 52.5. The summed E-state index contributed by atoms with van der Waals surface area (Å²) in [6, 6.07) is 33.3. The van der Waals surface area contributed by atoms with E-state index in [1.54, 1.807) is 97.1 Å². The van der Waals surface area contributed by atoms with Crippen molar-refractivity contribution >= 4 is 52.9 Å². The molecule has 0 aliphatic heterocycles. The Morgan fingerprint density at radius 2 is 1.41 bits per heavy atom. The minimum atomic E-state index is -1.33. The highest BCUT2D eigenvalue weighted by molar-refractivity contribution is 8.00. The summed E-state index contributed by atoms with van der Waals surface area (Å²) < 4.78 is 10.8. The Bertz CT molecular complexity index is 2070. The number of benzene rings is 5. The van der Waals surface area contributed by atoms with Gasteiger partial charge in [0.05, 0.1) is 14.2 Å². The molecule has 1 atom stereocenters. The third-order valence-corrected chi connectivity index (χ3v) is 8.74. The second kappa shape index (κ2) is 16.7. The summed E-state index contributed by atoms with van der Waals surface area (Å²) in [5, 5.41) is 26.8. The van der Waals surface area contributed by atoms with Crippen LogP contribution in [0.3, 0.4) is 0 Å². The van der Waals surface area contributed by atoms with Crippen LogP contribution in [-0.2, 0) is 9.59 Å². The molecule has 11 nitrogen and oxygen atoms in total. The number of carboxylic acid groups (broad SMARTS) is 1. The van der Waals surface area contributed by atoms with Gasteiger partial charge in [0.15, 0.2) is 0 Å². The first-order valence-corrected chi connectivity index (χ1v) is 16.3. The standard InChI is InChI=1S/C39H33N3O8S/c1-49-29-17-13-26(34(23-29)50-2)21-32(42-36(44)25-11-7-4-8-12-25)37(45)40-27-14-18-30(19-15-27)51-35(24-9-5-3-6-10-24)38(46)41-28-16-20-33(43)31(22-28)39(47)48/h3-23,35,43H,1-2H3,(H,40,45)(H,41,46)(H,42,44)(H,47,48)/b32-21-. The van der Waals surface area contributed by atoms with Crippen LogP contribution in [0.15, 0.2) is 132 Å². The Balaban J connectivity index is 1.36. The normalized spacial score (nSPS) is 11.5. The summed E-state index contributed by atoms with van der Waals surface area (Å²) in [5.74, 6) is -2.24. The number of amides is 3. The van der Waals surface area contributed by atoms with Gasteiger partial charge in [0.2, 0.25) is 5.91 Å². The third-order valence-electron chi connectivity index (χ3n) is 7.47. The van der Waals surface area contributed by atoms with E-state index in [4.69, 9.17) is 9.47 Å². The van der Waals surface area contributed by atoms with Gasteiger partial charge in [-0.05, 0) is 78.4 Å². The Morgan fingerprint density at radius 1 is 0.745 bits per heavy atom. The minimum Gasteiger partial charge on any atom is -0.507 e. The molecule has 0 spiro atoms. The van der Waals surface area contributed by atoms with Crippen LogP contribution < -0.4 is 25.4 Å². The number of nitrogens with one attached hydrogen (secondary N) is 3. The third kappa shape index (κ3) is 9.34. The zero-order valence-electron chi connectivity index (χ0n) is 27.5. The van der Waals surface area contributed by atoms with Gasteiger partial charge in [-0.3, -0.25) is 14.4 Å². The predicted octanol–water partition coefficient (Wildman–Crippen LogP) is 6.99. The van der Waals surface area contributed by atoms with Crippen LogP contribution in [0.2, 0.25) is 0 Å². The lowest BCUT2D eigenvalue weighted by atomic mass is 10.1. The summed E-state index contributed by atoms with van der Waals surface area (Å²) >= 11 is 1.25. The van der Waals surface area contributed by atoms with Gasteiger partial charge >= 0.3 is 5.97 Å². The van der Waals surface area contributed by atoms with Gasteiger partial charge < -0.3 is 35.6 Å². The number of methoxy groups -OCH3 is 2. The summed E-state index contributed by atoms with van der Waals surface area (Å²) in [7, 11) is 3.02. The number of ether oxygens (including phenoxy) is 2. The van der Waals surface area contributed by atoms with Crippen molar-refractivity contribution in [1.29, 1.82) is 0 Å². The first-order chi connectivity index (χ1) is 24.6. The van der Waals surface area contributed by atoms with Crippen molar-refractivity contribution in [3.05, 3.63) is 149 Å². The first kappa shape index (κ1) is 35.8. The molecular formula is C39H33N3O8S. The maximum Gasteiger partial charge on any atom is 0.339 e. The van der Waals surface area contributed by atoms with Crippen LogP contribution in [0.25, 0.3) is 6.08 Å². The molecule has 0 bridgehead atoms. The van der Waals surface area contributed by atoms with Crippen molar-refractivity contribution in [3.63, 3.8) is 0 Å². The van der Waals surface area contributed by atoms with E-state index < -0.39 is 34.7 Å². The SMILES string of the molecule is COc1ccc(/C=C(\NC(=O)c2ccccc2)C(=O)Nc2ccc(SC(C(=O)Nc3ccc(O)c(C(=O)O)c3)c3ccccc3)cc2)c(OC)c1. The van der Waals surface area contributed by atoms with Crippen LogP contribution in [0, 0.1) is 0 Å². The van der Waals surface area contributed by atoms with Crippen LogP contribution in [0.5, 0.6) is 17.2 Å². The molecule has 0 radical (unpaired) electrons. The number of aromatic hydroxyl groups is 1. The molecule has 258 valence electrons. The molecule has 0 saturated heterocycles. The lowest BCUT2D eigenvalue weighted by molar-refractivity contribution is -0.116. The number of hydrogen-bond acceptors (Lipinski definition) is 8. The molecule has 12 heteroatoms. The fourth-order valence-corrected chi connectivity index (χ4v) is 5.91. The topological polar surface area (TPSA) is 163 Å². The number of carbonyl (C=O) groups is 4. The fourth-order valence-electron chi connectivity index (χ4n) is 4.88. The van der Waals surface area contributed by atoms with Gasteiger partial charge in [-0.2, -0.15) is 0 Å². The molecule has 0 heterocycles. The van der Waals surface area contributed by atoms with Gasteiger partial charge in [-0.1, -0.05) is 48.5 Å². The Hall–Kier alpha value is -6.53. The Morgan fingerprint density at radius 3 is 2.06 bits per heavy atom. The van der Waals surface area contributed by atoms with E-state index in [0.717, 1.165) is 0 Å². The van der Waals surface area contributed by atoms with E-state index >= 15 is 0 Å². The molecule has 0 aliphatic carbocycles. The van der Waals surface area contributed by atoms with Gasteiger partial charge in [0.25, 0.3) is 11.8 Å². The average Bonchev–Trinajstić information content (AvgIpc) is 3.15. The molecule has 3 amide bonds. The number of rotatable bonds is 13. The molecule has 0 aliphatic rings. The average molecular weight is 704 g/mol. The summed E-state index contributed by atoms with van der Waals surface area (Å²) in [6.45, 7) is 0. The molecule has 1 unspecified atom stereocenters. The van der Waals surface area contributed by atoms with Crippen molar-refractivity contribution in [3.8, 4) is 17.2 Å². The Kier molecular flexibility index (Phi) is 11.7. The Labute approximate surface area is 297 Å². The number of carbonyl (C=O) groups excluding carboxylic acids is 3. The van der Waals surface area contributed by atoms with Crippen LogP contribution in [0.1, 0.15) is 37.1 Å². The number of phenols is 1. The number of carboxylic acids is 1. The lowest BCUT2D eigenvalue weighted by Gasteiger charge is -2.18. The first-order valence-electron chi connectivity index (χ1n) is 15.5. The van der Waals surface area contributed by atoms with Gasteiger partial charge in [-0.25, -0.2) is 4.79 Å². The smallest absolute Gasteiger partial charge is 0.339 e.